The number of anilines is 1. The van der Waals surface area contributed by atoms with Gasteiger partial charge in [-0.05, 0) is 20.0 Å². The third-order valence-corrected chi connectivity index (χ3v) is 4.05. The van der Waals surface area contributed by atoms with Gasteiger partial charge in [0, 0.05) is 37.7 Å². The number of amides is 2. The molecular formula is C17H25N3O4. The van der Waals surface area contributed by atoms with Crippen molar-refractivity contribution in [3.8, 4) is 11.5 Å². The first kappa shape index (κ1) is 18.1. The Hall–Kier alpha value is -2.28. The van der Waals surface area contributed by atoms with Crippen molar-refractivity contribution in [2.24, 2.45) is 5.92 Å². The molecule has 7 heteroatoms. The Morgan fingerprint density at radius 1 is 1.21 bits per heavy atom. The third-order valence-electron chi connectivity index (χ3n) is 4.05. The fourth-order valence-corrected chi connectivity index (χ4v) is 2.70. The van der Waals surface area contributed by atoms with E-state index in [1.54, 1.807) is 37.3 Å². The molecule has 24 heavy (non-hydrogen) atoms. The van der Waals surface area contributed by atoms with E-state index >= 15 is 0 Å². The summed E-state index contributed by atoms with van der Waals surface area (Å²) < 4.78 is 10.5. The van der Waals surface area contributed by atoms with E-state index < -0.39 is 0 Å². The zero-order valence-corrected chi connectivity index (χ0v) is 14.4. The highest BCUT2D eigenvalue weighted by Crippen LogP contribution is 2.32. The van der Waals surface area contributed by atoms with E-state index in [1.807, 2.05) is 7.05 Å². The van der Waals surface area contributed by atoms with Crippen LogP contribution >= 0.6 is 0 Å². The molecular weight excluding hydrogens is 310 g/mol. The summed E-state index contributed by atoms with van der Waals surface area (Å²) in [4.78, 5) is 26.2. The lowest BCUT2D eigenvalue weighted by Crippen LogP contribution is -2.34. The second kappa shape index (κ2) is 8.54. The van der Waals surface area contributed by atoms with E-state index in [9.17, 15) is 9.59 Å². The van der Waals surface area contributed by atoms with Crippen LogP contribution in [-0.4, -0.2) is 52.7 Å². The van der Waals surface area contributed by atoms with E-state index in [4.69, 9.17) is 9.47 Å². The van der Waals surface area contributed by atoms with Gasteiger partial charge in [0.1, 0.15) is 11.5 Å². The molecule has 1 aliphatic heterocycles. The molecule has 1 aromatic rings. The lowest BCUT2D eigenvalue weighted by atomic mass is 10.1. The molecule has 1 fully saturated rings. The van der Waals surface area contributed by atoms with Gasteiger partial charge in [-0.15, -0.1) is 0 Å². The molecule has 2 N–H and O–H groups in total. The largest absolute Gasteiger partial charge is 0.497 e. The Morgan fingerprint density at radius 2 is 1.88 bits per heavy atom. The topological polar surface area (TPSA) is 79.9 Å². The van der Waals surface area contributed by atoms with Crippen molar-refractivity contribution >= 4 is 17.5 Å². The van der Waals surface area contributed by atoms with Gasteiger partial charge in [0.05, 0.1) is 25.8 Å². The molecule has 0 radical (unpaired) electrons. The number of nitrogens with one attached hydrogen (secondary N) is 2. The number of carbonyl (C=O) groups excluding carboxylic acids is 2. The normalized spacial score (nSPS) is 17.0. The lowest BCUT2D eigenvalue weighted by molar-refractivity contribution is -0.126. The van der Waals surface area contributed by atoms with Gasteiger partial charge in [-0.2, -0.15) is 0 Å². The van der Waals surface area contributed by atoms with Gasteiger partial charge in [0.25, 0.3) is 0 Å². The zero-order chi connectivity index (χ0) is 17.5. The smallest absolute Gasteiger partial charge is 0.227 e. The molecule has 1 unspecified atom stereocenters. The zero-order valence-electron chi connectivity index (χ0n) is 14.4. The Morgan fingerprint density at radius 3 is 2.46 bits per heavy atom. The molecule has 1 saturated heterocycles. The molecule has 1 aliphatic rings. The van der Waals surface area contributed by atoms with Gasteiger partial charge in [-0.25, -0.2) is 0 Å². The molecule has 0 aliphatic carbocycles. The van der Waals surface area contributed by atoms with Crippen LogP contribution in [0.2, 0.25) is 0 Å². The van der Waals surface area contributed by atoms with Crippen LogP contribution < -0.4 is 25.0 Å². The summed E-state index contributed by atoms with van der Waals surface area (Å²) in [5.74, 6) is 0.746. The van der Waals surface area contributed by atoms with Crippen LogP contribution in [0.3, 0.4) is 0 Å². The number of methoxy groups -OCH3 is 2. The SMILES string of the molecule is CNCCCNC(=O)C1CC(=O)N(c2cc(OC)cc(OC)c2)C1. The summed E-state index contributed by atoms with van der Waals surface area (Å²) >= 11 is 0. The molecule has 2 rings (SSSR count). The number of hydrogen-bond donors (Lipinski definition) is 2. The number of carbonyl (C=O) groups is 2. The molecule has 0 aromatic heterocycles. The Bertz CT molecular complexity index is 569. The first-order chi connectivity index (χ1) is 11.6. The second-order valence-electron chi connectivity index (χ2n) is 5.72. The van der Waals surface area contributed by atoms with Gasteiger partial charge in [-0.1, -0.05) is 0 Å². The van der Waals surface area contributed by atoms with Crippen LogP contribution in [0.5, 0.6) is 11.5 Å². The number of ether oxygens (including phenoxy) is 2. The van der Waals surface area contributed by atoms with Crippen molar-refractivity contribution in [1.29, 1.82) is 0 Å². The molecule has 7 nitrogen and oxygen atoms in total. The molecule has 2 amide bonds. The maximum absolute atomic E-state index is 12.3. The van der Waals surface area contributed by atoms with Gasteiger partial charge in [0.2, 0.25) is 11.8 Å². The van der Waals surface area contributed by atoms with Gasteiger partial charge >= 0.3 is 0 Å². The second-order valence-corrected chi connectivity index (χ2v) is 5.72. The summed E-state index contributed by atoms with van der Waals surface area (Å²) in [5, 5.41) is 5.92. The maximum atomic E-state index is 12.3. The molecule has 1 atom stereocenters. The average Bonchev–Trinajstić information content (AvgIpc) is 3.00. The molecule has 1 aromatic carbocycles. The quantitative estimate of drug-likeness (QED) is 0.687. The minimum absolute atomic E-state index is 0.0688. The molecule has 0 spiro atoms. The first-order valence-corrected chi connectivity index (χ1v) is 8.04. The Labute approximate surface area is 142 Å². The lowest BCUT2D eigenvalue weighted by Gasteiger charge is -2.18. The molecule has 1 heterocycles. The molecule has 132 valence electrons. The van der Waals surface area contributed by atoms with E-state index in [1.165, 1.54) is 0 Å². The minimum atomic E-state index is -0.329. The van der Waals surface area contributed by atoms with Crippen LogP contribution in [0.25, 0.3) is 0 Å². The standard InChI is InChI=1S/C17H25N3O4/c1-18-5-4-6-19-17(22)12-7-16(21)20(11-12)13-8-14(23-2)10-15(9-13)24-3/h8-10,12,18H,4-7,11H2,1-3H3,(H,19,22). The predicted molar refractivity (Wildman–Crippen MR) is 91.6 cm³/mol. The van der Waals surface area contributed by atoms with E-state index in [-0.39, 0.29) is 24.2 Å². The van der Waals surface area contributed by atoms with Crippen molar-refractivity contribution < 1.29 is 19.1 Å². The maximum Gasteiger partial charge on any atom is 0.227 e. The number of nitrogens with zero attached hydrogens (tertiary/aromatic N) is 1. The highest BCUT2D eigenvalue weighted by atomic mass is 16.5. The summed E-state index contributed by atoms with van der Waals surface area (Å²) in [6.45, 7) is 1.82. The van der Waals surface area contributed by atoms with Crippen molar-refractivity contribution in [2.75, 3.05) is 45.8 Å². The summed E-state index contributed by atoms with van der Waals surface area (Å²) in [7, 11) is 5.00. The fraction of sp³-hybridized carbons (Fsp3) is 0.529. The summed E-state index contributed by atoms with van der Waals surface area (Å²) in [6, 6.07) is 5.29. The number of benzene rings is 1. The Kier molecular flexibility index (Phi) is 6.43. The number of hydrogen-bond acceptors (Lipinski definition) is 5. The Balaban J connectivity index is 2.03. The van der Waals surface area contributed by atoms with E-state index in [0.29, 0.717) is 30.3 Å². The van der Waals surface area contributed by atoms with E-state index in [0.717, 1.165) is 13.0 Å². The highest BCUT2D eigenvalue weighted by molar-refractivity contribution is 6.00. The van der Waals surface area contributed by atoms with Gasteiger partial charge in [0.15, 0.2) is 0 Å². The van der Waals surface area contributed by atoms with Crippen molar-refractivity contribution in [1.82, 2.24) is 10.6 Å². The summed E-state index contributed by atoms with van der Waals surface area (Å²) in [5.41, 5.74) is 0.682. The first-order valence-electron chi connectivity index (χ1n) is 8.04. The van der Waals surface area contributed by atoms with Crippen molar-refractivity contribution in [3.63, 3.8) is 0 Å². The fourth-order valence-electron chi connectivity index (χ4n) is 2.70. The van der Waals surface area contributed by atoms with Crippen LogP contribution in [-0.2, 0) is 9.59 Å². The van der Waals surface area contributed by atoms with Crippen LogP contribution in [0.15, 0.2) is 18.2 Å². The highest BCUT2D eigenvalue weighted by Gasteiger charge is 2.35. The van der Waals surface area contributed by atoms with Crippen LogP contribution in [0.1, 0.15) is 12.8 Å². The van der Waals surface area contributed by atoms with Crippen molar-refractivity contribution in [2.45, 2.75) is 12.8 Å². The third kappa shape index (κ3) is 4.38. The molecule has 0 saturated carbocycles. The van der Waals surface area contributed by atoms with Crippen molar-refractivity contribution in [3.05, 3.63) is 18.2 Å². The van der Waals surface area contributed by atoms with Crippen LogP contribution in [0.4, 0.5) is 5.69 Å². The predicted octanol–water partition coefficient (Wildman–Crippen LogP) is 0.782. The van der Waals surface area contributed by atoms with E-state index in [2.05, 4.69) is 10.6 Å². The summed E-state index contributed by atoms with van der Waals surface area (Å²) in [6.07, 6.45) is 1.08. The van der Waals surface area contributed by atoms with Crippen LogP contribution in [0, 0.1) is 5.92 Å². The monoisotopic (exact) mass is 335 g/mol. The number of rotatable bonds is 8. The molecule has 0 bridgehead atoms. The minimum Gasteiger partial charge on any atom is -0.497 e. The average molecular weight is 335 g/mol. The van der Waals surface area contributed by atoms with Gasteiger partial charge in [-0.3, -0.25) is 9.59 Å². The van der Waals surface area contributed by atoms with Gasteiger partial charge < -0.3 is 25.0 Å².